The lowest BCUT2D eigenvalue weighted by atomic mass is 10.1. The van der Waals surface area contributed by atoms with Gasteiger partial charge in [-0.15, -0.1) is 0 Å². The van der Waals surface area contributed by atoms with Crippen LogP contribution in [0.3, 0.4) is 0 Å². The summed E-state index contributed by atoms with van der Waals surface area (Å²) in [6.45, 7) is 6.25. The van der Waals surface area contributed by atoms with Crippen molar-refractivity contribution in [2.45, 2.75) is 20.1 Å². The number of hydrogen-bond donors (Lipinski definition) is 1. The Bertz CT molecular complexity index is 1110. The zero-order chi connectivity index (χ0) is 23.9. The number of halogens is 3. The summed E-state index contributed by atoms with van der Waals surface area (Å²) < 4.78 is 30.3. The Hall–Kier alpha value is -2.67. The molecule has 5 nitrogen and oxygen atoms in total. The minimum absolute atomic E-state index is 0.280. The average Bonchev–Trinajstić information content (AvgIpc) is 2.85. The smallest absolute Gasteiger partial charge is 0.163 e. The predicted molar refractivity (Wildman–Crippen MR) is 135 cm³/mol. The second-order valence-corrected chi connectivity index (χ2v) is 8.67. The van der Waals surface area contributed by atoms with E-state index in [1.165, 1.54) is 12.1 Å². The van der Waals surface area contributed by atoms with Gasteiger partial charge in [0.25, 0.3) is 0 Å². The molecule has 0 amide bonds. The second kappa shape index (κ2) is 11.6. The molecule has 1 N–H and O–H groups in total. The normalized spacial score (nSPS) is 13.6. The van der Waals surface area contributed by atoms with Crippen molar-refractivity contribution in [1.82, 2.24) is 0 Å². The average molecular weight is 505 g/mol. The molecule has 0 bridgehead atoms. The number of rotatable bonds is 9. The quantitative estimate of drug-likeness (QED) is 0.357. The third-order valence-corrected chi connectivity index (χ3v) is 6.16. The van der Waals surface area contributed by atoms with Crippen LogP contribution in [0.2, 0.25) is 10.0 Å². The first-order chi connectivity index (χ1) is 16.5. The van der Waals surface area contributed by atoms with E-state index >= 15 is 0 Å². The number of morpholine rings is 1. The van der Waals surface area contributed by atoms with E-state index in [2.05, 4.69) is 10.2 Å². The lowest BCUT2D eigenvalue weighted by Crippen LogP contribution is -2.36. The van der Waals surface area contributed by atoms with Crippen LogP contribution in [0.25, 0.3) is 0 Å². The predicted octanol–water partition coefficient (Wildman–Crippen LogP) is 6.56. The molecule has 3 aromatic carbocycles. The van der Waals surface area contributed by atoms with E-state index in [1.807, 2.05) is 31.2 Å². The molecule has 0 spiro atoms. The van der Waals surface area contributed by atoms with Gasteiger partial charge in [0.05, 0.1) is 30.5 Å². The summed E-state index contributed by atoms with van der Waals surface area (Å²) in [6.07, 6.45) is 0. The van der Waals surface area contributed by atoms with Crippen LogP contribution in [0.5, 0.6) is 11.5 Å². The first kappa shape index (κ1) is 24.5. The van der Waals surface area contributed by atoms with Crippen LogP contribution in [-0.4, -0.2) is 32.9 Å². The molecule has 0 atom stereocenters. The highest BCUT2D eigenvalue weighted by atomic mass is 35.5. The topological polar surface area (TPSA) is 43.0 Å². The van der Waals surface area contributed by atoms with Crippen LogP contribution in [0.15, 0.2) is 54.6 Å². The van der Waals surface area contributed by atoms with E-state index in [9.17, 15) is 4.39 Å². The number of benzene rings is 3. The van der Waals surface area contributed by atoms with Crippen molar-refractivity contribution in [3.63, 3.8) is 0 Å². The molecule has 4 rings (SSSR count). The zero-order valence-electron chi connectivity index (χ0n) is 19.0. The molecule has 1 aliphatic heterocycles. The summed E-state index contributed by atoms with van der Waals surface area (Å²) in [6, 6.07) is 15.8. The second-order valence-electron chi connectivity index (χ2n) is 7.86. The maximum Gasteiger partial charge on any atom is 0.163 e. The maximum absolute atomic E-state index is 13.1. The van der Waals surface area contributed by atoms with Crippen molar-refractivity contribution in [2.24, 2.45) is 0 Å². The first-order valence-corrected chi connectivity index (χ1v) is 12.0. The lowest BCUT2D eigenvalue weighted by molar-refractivity contribution is 0.122. The van der Waals surface area contributed by atoms with Gasteiger partial charge < -0.3 is 24.4 Å². The van der Waals surface area contributed by atoms with Gasteiger partial charge >= 0.3 is 0 Å². The summed E-state index contributed by atoms with van der Waals surface area (Å²) in [5.74, 6) is 0.861. The fourth-order valence-electron chi connectivity index (χ4n) is 3.71. The first-order valence-electron chi connectivity index (χ1n) is 11.2. The summed E-state index contributed by atoms with van der Waals surface area (Å²) in [4.78, 5) is 2.23. The van der Waals surface area contributed by atoms with Crippen LogP contribution < -0.4 is 19.7 Å². The summed E-state index contributed by atoms with van der Waals surface area (Å²) >= 11 is 13.1. The van der Waals surface area contributed by atoms with Gasteiger partial charge in [-0.1, -0.05) is 35.3 Å². The summed E-state index contributed by atoms with van der Waals surface area (Å²) in [7, 11) is 0. The Morgan fingerprint density at radius 3 is 2.38 bits per heavy atom. The van der Waals surface area contributed by atoms with Crippen molar-refractivity contribution < 1.29 is 18.6 Å². The fraction of sp³-hybridized carbons (Fsp3) is 0.308. The number of anilines is 2. The van der Waals surface area contributed by atoms with Crippen molar-refractivity contribution in [3.05, 3.63) is 81.6 Å². The van der Waals surface area contributed by atoms with Gasteiger partial charge in [-0.05, 0) is 54.4 Å². The largest absolute Gasteiger partial charge is 0.490 e. The van der Waals surface area contributed by atoms with Gasteiger partial charge in [0.2, 0.25) is 0 Å². The van der Waals surface area contributed by atoms with Crippen LogP contribution >= 0.6 is 23.2 Å². The molecule has 0 aromatic heterocycles. The van der Waals surface area contributed by atoms with E-state index in [1.54, 1.807) is 18.2 Å². The van der Waals surface area contributed by atoms with Gasteiger partial charge in [-0.2, -0.15) is 0 Å². The molecular formula is C26H27Cl2FN2O3. The molecule has 180 valence electrons. The van der Waals surface area contributed by atoms with Gasteiger partial charge in [-0.3, -0.25) is 0 Å². The van der Waals surface area contributed by atoms with Gasteiger partial charge in [-0.25, -0.2) is 4.39 Å². The van der Waals surface area contributed by atoms with Crippen molar-refractivity contribution >= 4 is 34.6 Å². The fourth-order valence-corrected chi connectivity index (χ4v) is 4.23. The Morgan fingerprint density at radius 2 is 1.68 bits per heavy atom. The molecule has 0 radical (unpaired) electrons. The van der Waals surface area contributed by atoms with E-state index in [0.29, 0.717) is 47.9 Å². The minimum Gasteiger partial charge on any atom is -0.490 e. The van der Waals surface area contributed by atoms with Crippen molar-refractivity contribution in [2.75, 3.05) is 43.1 Å². The third kappa shape index (κ3) is 6.26. The molecular weight excluding hydrogens is 478 g/mol. The highest BCUT2D eigenvalue weighted by molar-refractivity contribution is 6.33. The molecule has 34 heavy (non-hydrogen) atoms. The molecule has 1 fully saturated rings. The van der Waals surface area contributed by atoms with E-state index in [0.717, 1.165) is 35.6 Å². The molecule has 8 heteroatoms. The molecule has 0 unspecified atom stereocenters. The Labute approximate surface area is 209 Å². The molecule has 0 aliphatic carbocycles. The van der Waals surface area contributed by atoms with Crippen LogP contribution in [0.4, 0.5) is 15.8 Å². The Kier molecular flexibility index (Phi) is 8.38. The SMILES string of the molecule is CCOc1cc(CNc2ccc(N3CCOCC3)c(Cl)c2)c(Cl)cc1OCc1ccc(F)cc1. The van der Waals surface area contributed by atoms with E-state index in [-0.39, 0.29) is 12.4 Å². The summed E-state index contributed by atoms with van der Waals surface area (Å²) in [5.41, 5.74) is 3.62. The minimum atomic E-state index is -0.282. The van der Waals surface area contributed by atoms with Crippen molar-refractivity contribution in [3.8, 4) is 11.5 Å². The highest BCUT2D eigenvalue weighted by Crippen LogP contribution is 2.35. The van der Waals surface area contributed by atoms with Gasteiger partial charge in [0.15, 0.2) is 11.5 Å². The standard InChI is InChI=1S/C26H27Cl2FN2O3/c1-2-33-25-13-19(22(27)15-26(25)34-17-18-3-5-20(29)6-4-18)16-30-21-7-8-24(23(28)14-21)31-9-11-32-12-10-31/h3-8,13-15,30H,2,9-12,16-17H2,1H3. The van der Waals surface area contributed by atoms with Crippen LogP contribution in [0.1, 0.15) is 18.1 Å². The molecule has 3 aromatic rings. The number of hydrogen-bond acceptors (Lipinski definition) is 5. The number of ether oxygens (including phenoxy) is 3. The molecule has 1 saturated heterocycles. The molecule has 1 aliphatic rings. The van der Waals surface area contributed by atoms with E-state index in [4.69, 9.17) is 37.4 Å². The molecule has 0 saturated carbocycles. The number of nitrogens with zero attached hydrogens (tertiary/aromatic N) is 1. The highest BCUT2D eigenvalue weighted by Gasteiger charge is 2.15. The Balaban J connectivity index is 1.43. The number of nitrogens with one attached hydrogen (secondary N) is 1. The Morgan fingerprint density at radius 1 is 0.941 bits per heavy atom. The van der Waals surface area contributed by atoms with Crippen molar-refractivity contribution in [1.29, 1.82) is 0 Å². The van der Waals surface area contributed by atoms with Crippen LogP contribution in [-0.2, 0) is 17.9 Å². The molecule has 1 heterocycles. The maximum atomic E-state index is 13.1. The van der Waals surface area contributed by atoms with Gasteiger partial charge in [0.1, 0.15) is 12.4 Å². The zero-order valence-corrected chi connectivity index (χ0v) is 20.5. The lowest BCUT2D eigenvalue weighted by Gasteiger charge is -2.29. The van der Waals surface area contributed by atoms with Crippen LogP contribution in [0, 0.1) is 5.82 Å². The van der Waals surface area contributed by atoms with Gasteiger partial charge in [0, 0.05) is 36.4 Å². The summed E-state index contributed by atoms with van der Waals surface area (Å²) in [5, 5.41) is 4.63. The third-order valence-electron chi connectivity index (χ3n) is 5.50. The monoisotopic (exact) mass is 504 g/mol. The van der Waals surface area contributed by atoms with E-state index < -0.39 is 0 Å².